The first-order valence-electron chi connectivity index (χ1n) is 5.60. The normalized spacial score (nSPS) is 10.3. The van der Waals surface area contributed by atoms with E-state index in [0.29, 0.717) is 18.1 Å². The van der Waals surface area contributed by atoms with Crippen LogP contribution in [0.15, 0.2) is 30.7 Å². The Balaban J connectivity index is 2.28. The second kappa shape index (κ2) is 5.31. The van der Waals surface area contributed by atoms with Crippen LogP contribution in [0.2, 0.25) is 0 Å². The van der Waals surface area contributed by atoms with Crippen molar-refractivity contribution in [3.63, 3.8) is 0 Å². The van der Waals surface area contributed by atoms with Crippen molar-refractivity contribution < 1.29 is 9.53 Å². The van der Waals surface area contributed by atoms with Gasteiger partial charge in [-0.05, 0) is 13.0 Å². The van der Waals surface area contributed by atoms with Crippen molar-refractivity contribution in [1.29, 1.82) is 0 Å². The van der Waals surface area contributed by atoms with Crippen LogP contribution in [-0.4, -0.2) is 27.3 Å². The summed E-state index contributed by atoms with van der Waals surface area (Å²) in [6.07, 6.45) is 4.98. The minimum Gasteiger partial charge on any atom is -0.466 e. The third kappa shape index (κ3) is 2.65. The number of esters is 1. The third-order valence-corrected chi connectivity index (χ3v) is 2.33. The molecule has 0 unspecified atom stereocenters. The Labute approximate surface area is 104 Å². The molecule has 0 aliphatic carbocycles. The fourth-order valence-electron chi connectivity index (χ4n) is 1.59. The first kappa shape index (κ1) is 12.1. The van der Waals surface area contributed by atoms with Crippen molar-refractivity contribution in [2.45, 2.75) is 13.3 Å². The van der Waals surface area contributed by atoms with Crippen molar-refractivity contribution in [1.82, 2.24) is 14.8 Å². The van der Waals surface area contributed by atoms with Gasteiger partial charge in [-0.1, -0.05) is 6.07 Å². The standard InChI is InChI=1S/C12H14N4O2/c1-2-18-11(17)6-9-4-3-5-14-12(9)16-8-10(13)7-15-16/h3-5,7-8H,2,6,13H2,1H3. The van der Waals surface area contributed by atoms with Crippen molar-refractivity contribution in [2.75, 3.05) is 12.3 Å². The molecule has 2 heterocycles. The highest BCUT2D eigenvalue weighted by molar-refractivity contribution is 5.73. The Morgan fingerprint density at radius 2 is 2.39 bits per heavy atom. The monoisotopic (exact) mass is 246 g/mol. The van der Waals surface area contributed by atoms with Gasteiger partial charge in [0.2, 0.25) is 0 Å². The number of aromatic nitrogens is 3. The predicted molar refractivity (Wildman–Crippen MR) is 66.1 cm³/mol. The molecule has 0 aliphatic heterocycles. The number of rotatable bonds is 4. The first-order chi connectivity index (χ1) is 8.70. The van der Waals surface area contributed by atoms with Crippen LogP contribution in [0.5, 0.6) is 0 Å². The number of ether oxygens (including phenoxy) is 1. The van der Waals surface area contributed by atoms with Gasteiger partial charge < -0.3 is 10.5 Å². The molecule has 2 N–H and O–H groups in total. The number of nitrogens with zero attached hydrogens (tertiary/aromatic N) is 3. The SMILES string of the molecule is CCOC(=O)Cc1cccnc1-n1cc(N)cn1. The lowest BCUT2D eigenvalue weighted by atomic mass is 10.2. The summed E-state index contributed by atoms with van der Waals surface area (Å²) in [5.74, 6) is 0.300. The van der Waals surface area contributed by atoms with Crippen LogP contribution >= 0.6 is 0 Å². The van der Waals surface area contributed by atoms with Crippen molar-refractivity contribution in [3.8, 4) is 5.82 Å². The fourth-order valence-corrected chi connectivity index (χ4v) is 1.59. The maximum atomic E-state index is 11.5. The molecule has 2 rings (SSSR count). The van der Waals surface area contributed by atoms with Crippen LogP contribution in [0, 0.1) is 0 Å². The van der Waals surface area contributed by atoms with E-state index in [1.165, 1.54) is 6.20 Å². The maximum Gasteiger partial charge on any atom is 0.310 e. The predicted octanol–water partition coefficient (Wildman–Crippen LogP) is 0.955. The number of hydrogen-bond donors (Lipinski definition) is 1. The molecule has 0 atom stereocenters. The lowest BCUT2D eigenvalue weighted by Crippen LogP contribution is -2.11. The molecule has 0 radical (unpaired) electrons. The van der Waals surface area contributed by atoms with Crippen LogP contribution in [0.25, 0.3) is 5.82 Å². The van der Waals surface area contributed by atoms with E-state index in [1.54, 1.807) is 30.1 Å². The van der Waals surface area contributed by atoms with Gasteiger partial charge in [-0.25, -0.2) is 9.67 Å². The quantitative estimate of drug-likeness (QED) is 0.812. The molecule has 0 saturated heterocycles. The van der Waals surface area contributed by atoms with E-state index in [1.807, 2.05) is 6.07 Å². The molecule has 18 heavy (non-hydrogen) atoms. The summed E-state index contributed by atoms with van der Waals surface area (Å²) in [6, 6.07) is 3.59. The molecular formula is C12H14N4O2. The molecule has 6 nitrogen and oxygen atoms in total. The van der Waals surface area contributed by atoms with Gasteiger partial charge in [0.25, 0.3) is 0 Å². The summed E-state index contributed by atoms with van der Waals surface area (Å²) in [7, 11) is 0. The molecule has 0 aliphatic rings. The largest absolute Gasteiger partial charge is 0.466 e. The van der Waals surface area contributed by atoms with Crippen LogP contribution in [0.3, 0.4) is 0 Å². The average molecular weight is 246 g/mol. The minimum absolute atomic E-state index is 0.163. The van der Waals surface area contributed by atoms with Crippen LogP contribution < -0.4 is 5.73 Å². The zero-order chi connectivity index (χ0) is 13.0. The highest BCUT2D eigenvalue weighted by Crippen LogP contribution is 2.13. The lowest BCUT2D eigenvalue weighted by molar-refractivity contribution is -0.142. The Hall–Kier alpha value is -2.37. The van der Waals surface area contributed by atoms with Gasteiger partial charge in [0.15, 0.2) is 5.82 Å². The molecule has 6 heteroatoms. The number of carbonyl (C=O) groups excluding carboxylic acids is 1. The highest BCUT2D eigenvalue weighted by Gasteiger charge is 2.11. The molecule has 94 valence electrons. The number of anilines is 1. The van der Waals surface area contributed by atoms with Crippen molar-refractivity contribution >= 4 is 11.7 Å². The minimum atomic E-state index is -0.285. The average Bonchev–Trinajstić information content (AvgIpc) is 2.77. The maximum absolute atomic E-state index is 11.5. The van der Waals surface area contributed by atoms with Gasteiger partial charge >= 0.3 is 5.97 Å². The summed E-state index contributed by atoms with van der Waals surface area (Å²) < 4.78 is 6.47. The molecular weight excluding hydrogens is 232 g/mol. The number of hydrogen-bond acceptors (Lipinski definition) is 5. The van der Waals surface area contributed by atoms with Crippen LogP contribution in [0.1, 0.15) is 12.5 Å². The fraction of sp³-hybridized carbons (Fsp3) is 0.250. The van der Waals surface area contributed by atoms with Gasteiger partial charge in [-0.2, -0.15) is 5.10 Å². The molecule has 0 aromatic carbocycles. The smallest absolute Gasteiger partial charge is 0.310 e. The Bertz CT molecular complexity index is 551. The third-order valence-electron chi connectivity index (χ3n) is 2.33. The molecule has 0 amide bonds. The second-order valence-corrected chi connectivity index (χ2v) is 3.69. The lowest BCUT2D eigenvalue weighted by Gasteiger charge is -2.07. The number of pyridine rings is 1. The van der Waals surface area contributed by atoms with E-state index >= 15 is 0 Å². The highest BCUT2D eigenvalue weighted by atomic mass is 16.5. The topological polar surface area (TPSA) is 83.0 Å². The van der Waals surface area contributed by atoms with Gasteiger partial charge in [0, 0.05) is 11.8 Å². The van der Waals surface area contributed by atoms with Crippen molar-refractivity contribution in [3.05, 3.63) is 36.3 Å². The zero-order valence-electron chi connectivity index (χ0n) is 10.0. The van der Waals surface area contributed by atoms with Gasteiger partial charge in [-0.3, -0.25) is 4.79 Å². The van der Waals surface area contributed by atoms with Gasteiger partial charge in [0.05, 0.1) is 31.1 Å². The Kier molecular flexibility index (Phi) is 3.57. The van der Waals surface area contributed by atoms with Crippen molar-refractivity contribution in [2.24, 2.45) is 0 Å². The van der Waals surface area contributed by atoms with Gasteiger partial charge in [-0.15, -0.1) is 0 Å². The van der Waals surface area contributed by atoms with E-state index in [0.717, 1.165) is 5.56 Å². The first-order valence-corrected chi connectivity index (χ1v) is 5.60. The number of nitrogen functional groups attached to an aromatic ring is 1. The summed E-state index contributed by atoms with van der Waals surface area (Å²) in [4.78, 5) is 15.7. The molecule has 0 fully saturated rings. The van der Waals surface area contributed by atoms with Gasteiger partial charge in [0.1, 0.15) is 0 Å². The van der Waals surface area contributed by atoms with E-state index < -0.39 is 0 Å². The van der Waals surface area contributed by atoms with E-state index in [-0.39, 0.29) is 12.4 Å². The summed E-state index contributed by atoms with van der Waals surface area (Å²) in [6.45, 7) is 2.14. The summed E-state index contributed by atoms with van der Waals surface area (Å²) >= 11 is 0. The molecule has 0 bridgehead atoms. The molecule has 2 aromatic heterocycles. The molecule has 0 spiro atoms. The number of carbonyl (C=O) groups is 1. The van der Waals surface area contributed by atoms with E-state index in [9.17, 15) is 4.79 Å². The second-order valence-electron chi connectivity index (χ2n) is 3.69. The van der Waals surface area contributed by atoms with Crippen LogP contribution in [-0.2, 0) is 16.0 Å². The molecule has 0 saturated carbocycles. The Morgan fingerprint density at radius 1 is 1.56 bits per heavy atom. The van der Waals surface area contributed by atoms with E-state index in [4.69, 9.17) is 10.5 Å². The van der Waals surface area contributed by atoms with Crippen LogP contribution in [0.4, 0.5) is 5.69 Å². The Morgan fingerprint density at radius 3 is 3.06 bits per heavy atom. The summed E-state index contributed by atoms with van der Waals surface area (Å²) in [5, 5.41) is 4.08. The zero-order valence-corrected chi connectivity index (χ0v) is 10.0. The summed E-state index contributed by atoms with van der Waals surface area (Å²) in [5.41, 5.74) is 6.91. The number of nitrogens with two attached hydrogens (primary N) is 1. The van der Waals surface area contributed by atoms with E-state index in [2.05, 4.69) is 10.1 Å². The molecule has 2 aromatic rings.